The zero-order chi connectivity index (χ0) is 22.1. The van der Waals surface area contributed by atoms with Crippen molar-refractivity contribution in [3.63, 3.8) is 0 Å². The molecule has 30 heavy (non-hydrogen) atoms. The van der Waals surface area contributed by atoms with E-state index in [0.717, 1.165) is 23.2 Å². The molecule has 0 unspecified atom stereocenters. The highest BCUT2D eigenvalue weighted by atomic mass is 32.2. The molecule has 0 atom stereocenters. The monoisotopic (exact) mass is 432 g/mol. The second-order valence-electron chi connectivity index (χ2n) is 7.84. The van der Waals surface area contributed by atoms with E-state index in [9.17, 15) is 13.2 Å². The number of sulfonamides is 1. The highest BCUT2D eigenvalue weighted by Crippen LogP contribution is 2.13. The van der Waals surface area contributed by atoms with Crippen LogP contribution >= 0.6 is 0 Å². The Morgan fingerprint density at radius 1 is 0.867 bits per heavy atom. The summed E-state index contributed by atoms with van der Waals surface area (Å²) in [6, 6.07) is 14.8. The van der Waals surface area contributed by atoms with E-state index in [1.807, 2.05) is 44.4 Å². The third-order valence-corrected chi connectivity index (χ3v) is 5.88. The van der Waals surface area contributed by atoms with Crippen molar-refractivity contribution < 1.29 is 13.2 Å². The third kappa shape index (κ3) is 8.14. The fourth-order valence-electron chi connectivity index (χ4n) is 3.11. The zero-order valence-electron chi connectivity index (χ0n) is 18.1. The van der Waals surface area contributed by atoms with Crippen molar-refractivity contribution in [3.8, 4) is 0 Å². The minimum atomic E-state index is -3.44. The van der Waals surface area contributed by atoms with Crippen LogP contribution in [0.5, 0.6) is 0 Å². The maximum absolute atomic E-state index is 12.3. The molecule has 7 nitrogen and oxygen atoms in total. The Kier molecular flexibility index (Phi) is 8.83. The molecule has 0 aliphatic rings. The first-order valence-corrected chi connectivity index (χ1v) is 11.6. The van der Waals surface area contributed by atoms with Crippen molar-refractivity contribution in [2.24, 2.45) is 0 Å². The molecule has 0 aliphatic carbocycles. The van der Waals surface area contributed by atoms with E-state index in [4.69, 9.17) is 0 Å². The molecule has 8 heteroatoms. The summed E-state index contributed by atoms with van der Waals surface area (Å²) in [5.74, 6) is -0.122. The quantitative estimate of drug-likeness (QED) is 0.538. The van der Waals surface area contributed by atoms with Gasteiger partial charge in [-0.3, -0.25) is 0 Å². The number of benzene rings is 2. The molecule has 0 heterocycles. The summed E-state index contributed by atoms with van der Waals surface area (Å²) in [6.07, 6.45) is 0. The molecule has 2 aromatic carbocycles. The number of urea groups is 1. The molecule has 0 radical (unpaired) electrons. The molecular weight excluding hydrogens is 400 g/mol. The minimum absolute atomic E-state index is 0.122. The van der Waals surface area contributed by atoms with Crippen molar-refractivity contribution in [2.75, 3.05) is 14.1 Å². The van der Waals surface area contributed by atoms with Gasteiger partial charge in [0.25, 0.3) is 0 Å². The van der Waals surface area contributed by atoms with Crippen LogP contribution in [0.1, 0.15) is 36.1 Å². The van der Waals surface area contributed by atoms with E-state index in [2.05, 4.69) is 26.3 Å². The van der Waals surface area contributed by atoms with Gasteiger partial charge in [-0.15, -0.1) is 0 Å². The number of rotatable bonds is 10. The van der Waals surface area contributed by atoms with Crippen LogP contribution in [-0.4, -0.2) is 39.5 Å². The van der Waals surface area contributed by atoms with Crippen LogP contribution in [0.4, 0.5) is 4.79 Å². The third-order valence-electron chi connectivity index (χ3n) is 4.36. The lowest BCUT2D eigenvalue weighted by atomic mass is 10.1. The number of hydrogen-bond donors (Lipinski definition) is 3. The van der Waals surface area contributed by atoms with E-state index in [1.54, 1.807) is 26.0 Å². The van der Waals surface area contributed by atoms with E-state index in [1.165, 1.54) is 0 Å². The van der Waals surface area contributed by atoms with Gasteiger partial charge >= 0.3 is 6.03 Å². The van der Waals surface area contributed by atoms with E-state index in [-0.39, 0.29) is 24.4 Å². The molecule has 2 amide bonds. The van der Waals surface area contributed by atoms with E-state index >= 15 is 0 Å². The molecule has 0 saturated carbocycles. The van der Waals surface area contributed by atoms with Gasteiger partial charge < -0.3 is 15.5 Å². The topological polar surface area (TPSA) is 90.5 Å². The first-order chi connectivity index (χ1) is 14.2. The smallest absolute Gasteiger partial charge is 0.315 e. The highest BCUT2D eigenvalue weighted by Gasteiger charge is 2.15. The first kappa shape index (κ1) is 23.9. The summed E-state index contributed by atoms with van der Waals surface area (Å²) in [4.78, 5) is 14.4. The highest BCUT2D eigenvalue weighted by molar-refractivity contribution is 7.88. The average Bonchev–Trinajstić information content (AvgIpc) is 2.65. The van der Waals surface area contributed by atoms with Gasteiger partial charge in [0.1, 0.15) is 0 Å². The molecule has 2 rings (SSSR count). The summed E-state index contributed by atoms with van der Waals surface area (Å²) in [7, 11) is 0.572. The van der Waals surface area contributed by atoms with Crippen LogP contribution in [0.3, 0.4) is 0 Å². The number of nitrogens with one attached hydrogen (secondary N) is 3. The Morgan fingerprint density at radius 2 is 1.33 bits per heavy atom. The standard InChI is InChI=1S/C22H32N4O3S/c1-17(2)25-30(28,29)16-21-12-8-6-10-19(21)14-24-22(27)23-13-18-9-5-7-11-20(18)15-26(3)4/h5-12,17,25H,13-16H2,1-4H3,(H2,23,24,27). The second-order valence-corrected chi connectivity index (χ2v) is 9.60. The molecule has 0 aromatic heterocycles. The normalized spacial score (nSPS) is 11.7. The number of carbonyl (C=O) groups is 1. The molecule has 3 N–H and O–H groups in total. The van der Waals surface area contributed by atoms with Crippen molar-refractivity contribution in [1.82, 2.24) is 20.3 Å². The average molecular weight is 433 g/mol. The zero-order valence-corrected chi connectivity index (χ0v) is 18.9. The number of nitrogens with zero attached hydrogens (tertiary/aromatic N) is 1. The van der Waals surface area contributed by atoms with E-state index in [0.29, 0.717) is 12.1 Å². The SMILES string of the molecule is CC(C)NS(=O)(=O)Cc1ccccc1CNC(=O)NCc1ccccc1CN(C)C. The maximum atomic E-state index is 12.3. The molecule has 0 saturated heterocycles. The predicted octanol–water partition coefficient (Wildman–Crippen LogP) is 2.58. The Balaban J connectivity index is 1.95. The van der Waals surface area contributed by atoms with Gasteiger partial charge in [0.15, 0.2) is 0 Å². The molecule has 0 fully saturated rings. The van der Waals surface area contributed by atoms with Crippen LogP contribution in [0, 0.1) is 0 Å². The molecular formula is C22H32N4O3S. The summed E-state index contributed by atoms with van der Waals surface area (Å²) < 4.78 is 27.1. The Morgan fingerprint density at radius 3 is 1.83 bits per heavy atom. The van der Waals surface area contributed by atoms with Crippen LogP contribution in [0.2, 0.25) is 0 Å². The number of carbonyl (C=O) groups excluding carboxylic acids is 1. The van der Waals surface area contributed by atoms with Crippen molar-refractivity contribution >= 4 is 16.1 Å². The van der Waals surface area contributed by atoms with Gasteiger partial charge in [-0.25, -0.2) is 17.9 Å². The summed E-state index contributed by atoms with van der Waals surface area (Å²) in [5, 5.41) is 5.70. The second kappa shape index (κ2) is 11.1. The Hall–Kier alpha value is -2.42. The van der Waals surface area contributed by atoms with E-state index < -0.39 is 10.0 Å². The van der Waals surface area contributed by atoms with Gasteiger partial charge in [-0.05, 0) is 50.2 Å². The van der Waals surface area contributed by atoms with Crippen LogP contribution in [0.25, 0.3) is 0 Å². The Labute approximate surface area is 179 Å². The molecule has 0 aliphatic heterocycles. The number of amides is 2. The van der Waals surface area contributed by atoms with Crippen molar-refractivity contribution in [1.29, 1.82) is 0 Å². The molecule has 2 aromatic rings. The van der Waals surface area contributed by atoms with Crippen LogP contribution in [0.15, 0.2) is 48.5 Å². The van der Waals surface area contributed by atoms with Crippen LogP contribution < -0.4 is 15.4 Å². The van der Waals surface area contributed by atoms with Gasteiger partial charge in [0.05, 0.1) is 5.75 Å². The summed E-state index contributed by atoms with van der Waals surface area (Å²) in [6.45, 7) is 5.03. The van der Waals surface area contributed by atoms with Gasteiger partial charge in [0.2, 0.25) is 10.0 Å². The lowest BCUT2D eigenvalue weighted by Gasteiger charge is -2.15. The predicted molar refractivity (Wildman–Crippen MR) is 120 cm³/mol. The van der Waals surface area contributed by atoms with Gasteiger partial charge in [-0.2, -0.15) is 0 Å². The van der Waals surface area contributed by atoms with Crippen molar-refractivity contribution in [3.05, 3.63) is 70.8 Å². The molecule has 0 spiro atoms. The fourth-order valence-corrected chi connectivity index (χ4v) is 4.61. The van der Waals surface area contributed by atoms with Gasteiger partial charge in [0, 0.05) is 25.7 Å². The van der Waals surface area contributed by atoms with Crippen LogP contribution in [-0.2, 0) is 35.4 Å². The molecule has 164 valence electrons. The minimum Gasteiger partial charge on any atom is -0.334 e. The fraction of sp³-hybridized carbons (Fsp3) is 0.409. The lowest BCUT2D eigenvalue weighted by molar-refractivity contribution is 0.240. The lowest BCUT2D eigenvalue weighted by Crippen LogP contribution is -2.35. The largest absolute Gasteiger partial charge is 0.334 e. The van der Waals surface area contributed by atoms with Crippen molar-refractivity contribution in [2.45, 2.75) is 45.3 Å². The first-order valence-electron chi connectivity index (χ1n) is 9.96. The van der Waals surface area contributed by atoms with Gasteiger partial charge in [-0.1, -0.05) is 48.5 Å². The maximum Gasteiger partial charge on any atom is 0.315 e. The Bertz CT molecular complexity index is 943. The number of hydrogen-bond acceptors (Lipinski definition) is 4. The summed E-state index contributed by atoms with van der Waals surface area (Å²) in [5.41, 5.74) is 3.67. The molecule has 0 bridgehead atoms. The summed E-state index contributed by atoms with van der Waals surface area (Å²) >= 11 is 0.